The fourth-order valence-electron chi connectivity index (χ4n) is 1.55. The van der Waals surface area contributed by atoms with Crippen molar-refractivity contribution in [2.24, 2.45) is 5.73 Å². The second-order valence-electron chi connectivity index (χ2n) is 3.88. The molecule has 0 amide bonds. The summed E-state index contributed by atoms with van der Waals surface area (Å²) in [4.78, 5) is 0. The van der Waals surface area contributed by atoms with Gasteiger partial charge in [-0.25, -0.2) is 4.39 Å². The smallest absolute Gasteiger partial charge is 0.123 e. The van der Waals surface area contributed by atoms with Gasteiger partial charge in [-0.2, -0.15) is 0 Å². The Hall–Kier alpha value is -0.383. The minimum atomic E-state index is -0.883. The van der Waals surface area contributed by atoms with Crippen LogP contribution in [0.4, 0.5) is 4.39 Å². The Morgan fingerprint density at radius 1 is 1.33 bits per heavy atom. The predicted molar refractivity (Wildman–Crippen MR) is 68.6 cm³/mol. The Labute approximate surface area is 98.9 Å². The molecule has 0 bridgehead atoms. The molecule has 86 valence electrons. The summed E-state index contributed by atoms with van der Waals surface area (Å²) >= 11 is 0. The Morgan fingerprint density at radius 3 is 2.33 bits per heavy atom. The zero-order valence-corrected chi connectivity index (χ0v) is 11.2. The summed E-state index contributed by atoms with van der Waals surface area (Å²) in [5.41, 5.74) is 7.57. The van der Waals surface area contributed by atoms with Gasteiger partial charge in [0.25, 0.3) is 0 Å². The third-order valence-corrected chi connectivity index (χ3v) is 5.72. The molecule has 0 aliphatic rings. The fraction of sp³-hybridized carbons (Fsp3) is 0.455. The molecule has 0 saturated heterocycles. The van der Waals surface area contributed by atoms with E-state index in [1.165, 1.54) is 17.7 Å². The van der Waals surface area contributed by atoms with Crippen molar-refractivity contribution in [2.75, 3.05) is 0 Å². The molecule has 2 atom stereocenters. The third kappa shape index (κ3) is 4.78. The number of benzene rings is 1. The van der Waals surface area contributed by atoms with E-state index in [2.05, 4.69) is 13.5 Å². The number of hydrogen-bond donors (Lipinski definition) is 1. The molecule has 0 aromatic heterocycles. The van der Waals surface area contributed by atoms with Crippen molar-refractivity contribution in [3.8, 4) is 0 Å². The second-order valence-corrected chi connectivity index (χ2v) is 7.10. The van der Waals surface area contributed by atoms with Crippen molar-refractivity contribution in [3.63, 3.8) is 0 Å². The molecule has 15 heavy (non-hydrogen) atoms. The fourth-order valence-corrected chi connectivity index (χ4v) is 3.67. The van der Waals surface area contributed by atoms with Crippen LogP contribution in [0.3, 0.4) is 0 Å². The maximum atomic E-state index is 12.6. The molecule has 4 heteroatoms. The molecule has 0 aliphatic heterocycles. The molecule has 1 rings (SSSR count). The standard InChI is InChI=1S/C11H18FNSi.ClH/c1-3-11(13)14(2)8-9-4-6-10(12)7-5-9;/h4-7,11,14H,3,8,13H2,1-2H3;1H. The zero-order chi connectivity index (χ0) is 10.6. The maximum absolute atomic E-state index is 12.6. The summed E-state index contributed by atoms with van der Waals surface area (Å²) in [6, 6.07) is 7.83. The minimum absolute atomic E-state index is 0. The second kappa shape index (κ2) is 6.98. The minimum Gasteiger partial charge on any atom is -0.331 e. The summed E-state index contributed by atoms with van der Waals surface area (Å²) in [7, 11) is -0.883. The van der Waals surface area contributed by atoms with E-state index in [-0.39, 0.29) is 18.2 Å². The van der Waals surface area contributed by atoms with Crippen molar-refractivity contribution in [1.82, 2.24) is 0 Å². The molecule has 0 fully saturated rings. The number of halogens is 2. The maximum Gasteiger partial charge on any atom is 0.123 e. The van der Waals surface area contributed by atoms with E-state index in [1.54, 1.807) is 0 Å². The third-order valence-electron chi connectivity index (χ3n) is 2.67. The van der Waals surface area contributed by atoms with E-state index >= 15 is 0 Å². The molecule has 1 aromatic carbocycles. The van der Waals surface area contributed by atoms with Gasteiger partial charge in [-0.15, -0.1) is 12.4 Å². The van der Waals surface area contributed by atoms with Crippen LogP contribution in [-0.2, 0) is 6.04 Å². The van der Waals surface area contributed by atoms with Gasteiger partial charge in [0.2, 0.25) is 0 Å². The van der Waals surface area contributed by atoms with Crippen molar-refractivity contribution in [1.29, 1.82) is 0 Å². The first kappa shape index (κ1) is 14.6. The molecular weight excluding hydrogens is 229 g/mol. The van der Waals surface area contributed by atoms with Crippen LogP contribution < -0.4 is 5.73 Å². The zero-order valence-electron chi connectivity index (χ0n) is 9.24. The van der Waals surface area contributed by atoms with Crippen LogP contribution in [0.5, 0.6) is 0 Å². The van der Waals surface area contributed by atoms with Gasteiger partial charge < -0.3 is 5.73 Å². The van der Waals surface area contributed by atoms with Crippen LogP contribution in [0.25, 0.3) is 0 Å². The number of nitrogens with two attached hydrogens (primary N) is 1. The van der Waals surface area contributed by atoms with Gasteiger partial charge in [-0.1, -0.05) is 31.2 Å². The van der Waals surface area contributed by atoms with E-state index in [4.69, 9.17) is 5.73 Å². The monoisotopic (exact) mass is 247 g/mol. The highest BCUT2D eigenvalue weighted by Crippen LogP contribution is 2.07. The molecule has 0 aliphatic carbocycles. The van der Waals surface area contributed by atoms with Crippen LogP contribution in [0, 0.1) is 5.82 Å². The van der Waals surface area contributed by atoms with E-state index in [0.717, 1.165) is 12.5 Å². The molecule has 0 spiro atoms. The molecule has 0 saturated carbocycles. The lowest BCUT2D eigenvalue weighted by atomic mass is 10.2. The van der Waals surface area contributed by atoms with E-state index in [0.29, 0.717) is 5.67 Å². The van der Waals surface area contributed by atoms with Gasteiger partial charge in [0, 0.05) is 0 Å². The molecule has 1 aromatic rings. The van der Waals surface area contributed by atoms with E-state index in [1.807, 2.05) is 12.1 Å². The van der Waals surface area contributed by atoms with Gasteiger partial charge in [0.1, 0.15) is 5.82 Å². The van der Waals surface area contributed by atoms with Crippen molar-refractivity contribution >= 4 is 21.2 Å². The van der Waals surface area contributed by atoms with Crippen molar-refractivity contribution < 1.29 is 4.39 Å². The Balaban J connectivity index is 0.00000196. The predicted octanol–water partition coefficient (Wildman–Crippen LogP) is 2.46. The normalized spacial score (nSPS) is 14.1. The quantitative estimate of drug-likeness (QED) is 0.813. The van der Waals surface area contributed by atoms with Crippen molar-refractivity contribution in [2.45, 2.75) is 31.6 Å². The highest BCUT2D eigenvalue weighted by molar-refractivity contribution is 6.58. The highest BCUT2D eigenvalue weighted by Gasteiger charge is 2.12. The summed E-state index contributed by atoms with van der Waals surface area (Å²) < 4.78 is 12.6. The Bertz CT molecular complexity index is 278. The van der Waals surface area contributed by atoms with Crippen molar-refractivity contribution in [3.05, 3.63) is 35.6 Å². The van der Waals surface area contributed by atoms with Gasteiger partial charge in [0.05, 0.1) is 8.80 Å². The van der Waals surface area contributed by atoms with Gasteiger partial charge >= 0.3 is 0 Å². The molecular formula is C11H19ClFNSi. The summed E-state index contributed by atoms with van der Waals surface area (Å²) in [6.45, 7) is 4.40. The Morgan fingerprint density at radius 2 is 1.87 bits per heavy atom. The van der Waals surface area contributed by atoms with E-state index < -0.39 is 8.80 Å². The summed E-state index contributed by atoms with van der Waals surface area (Å²) in [5, 5.41) is 0. The van der Waals surface area contributed by atoms with E-state index in [9.17, 15) is 4.39 Å². The van der Waals surface area contributed by atoms with Gasteiger partial charge in [-0.05, 0) is 30.3 Å². The van der Waals surface area contributed by atoms with Crippen LogP contribution >= 0.6 is 12.4 Å². The number of hydrogen-bond acceptors (Lipinski definition) is 1. The molecule has 2 unspecified atom stereocenters. The SMILES string of the molecule is CCC(N)[SiH](C)Cc1ccc(F)cc1.Cl. The lowest BCUT2D eigenvalue weighted by molar-refractivity contribution is 0.627. The Kier molecular flexibility index (Phi) is 6.81. The largest absolute Gasteiger partial charge is 0.331 e. The number of rotatable bonds is 4. The molecule has 1 nitrogen and oxygen atoms in total. The van der Waals surface area contributed by atoms with Gasteiger partial charge in [-0.3, -0.25) is 0 Å². The average Bonchev–Trinajstić information content (AvgIpc) is 2.20. The molecule has 2 N–H and O–H groups in total. The lowest BCUT2D eigenvalue weighted by Crippen LogP contribution is -2.37. The average molecular weight is 248 g/mol. The lowest BCUT2D eigenvalue weighted by Gasteiger charge is -2.16. The summed E-state index contributed by atoms with van der Waals surface area (Å²) in [6.07, 6.45) is 1.05. The highest BCUT2D eigenvalue weighted by atomic mass is 35.5. The molecule has 0 heterocycles. The topological polar surface area (TPSA) is 26.0 Å². The first-order valence-corrected chi connectivity index (χ1v) is 7.77. The molecule has 0 radical (unpaired) electrons. The summed E-state index contributed by atoms with van der Waals surface area (Å²) in [5.74, 6) is -0.164. The first-order valence-electron chi connectivity index (χ1n) is 5.13. The van der Waals surface area contributed by atoms with Crippen LogP contribution in [0.2, 0.25) is 6.55 Å². The first-order chi connectivity index (χ1) is 6.63. The van der Waals surface area contributed by atoms with Crippen LogP contribution in [0.15, 0.2) is 24.3 Å². The van der Waals surface area contributed by atoms with Crippen LogP contribution in [0.1, 0.15) is 18.9 Å². The van der Waals surface area contributed by atoms with Crippen LogP contribution in [-0.4, -0.2) is 14.5 Å². The van der Waals surface area contributed by atoms with Gasteiger partial charge in [0.15, 0.2) is 0 Å².